The maximum atomic E-state index is 12.3. The van der Waals surface area contributed by atoms with Gasteiger partial charge in [-0.3, -0.25) is 9.69 Å². The maximum absolute atomic E-state index is 12.3. The molecule has 2 unspecified atom stereocenters. The molecule has 0 spiro atoms. The van der Waals surface area contributed by atoms with Crippen molar-refractivity contribution in [1.29, 1.82) is 0 Å². The molecule has 0 aliphatic carbocycles. The zero-order chi connectivity index (χ0) is 15.7. The topological polar surface area (TPSA) is 44.4 Å². The van der Waals surface area contributed by atoms with Crippen molar-refractivity contribution in [3.63, 3.8) is 0 Å². The Labute approximate surface area is 149 Å². The molecule has 6 heteroatoms. The molecule has 2 saturated heterocycles. The van der Waals surface area contributed by atoms with Gasteiger partial charge in [0.1, 0.15) is 0 Å². The normalized spacial score (nSPS) is 26.0. The number of carbonyl (C=O) groups excluding carboxylic acids is 1. The van der Waals surface area contributed by atoms with E-state index in [0.29, 0.717) is 35.4 Å². The zero-order valence-corrected chi connectivity index (χ0v) is 15.2. The molecule has 4 nitrogen and oxygen atoms in total. The summed E-state index contributed by atoms with van der Waals surface area (Å²) in [5.74, 6) is -0.000803. The number of amides is 1. The van der Waals surface area contributed by atoms with Crippen molar-refractivity contribution in [3.05, 3.63) is 28.8 Å². The average Bonchev–Trinajstić information content (AvgIpc) is 2.80. The molecular weight excluding hydrogens is 333 g/mol. The van der Waals surface area contributed by atoms with Gasteiger partial charge < -0.3 is 10.6 Å². The molecule has 2 heterocycles. The summed E-state index contributed by atoms with van der Waals surface area (Å²) < 4.78 is 0. The highest BCUT2D eigenvalue weighted by molar-refractivity contribution is 6.33. The van der Waals surface area contributed by atoms with Crippen LogP contribution in [0.25, 0.3) is 0 Å². The van der Waals surface area contributed by atoms with Crippen LogP contribution in [0.3, 0.4) is 0 Å². The minimum Gasteiger partial charge on any atom is -0.324 e. The summed E-state index contributed by atoms with van der Waals surface area (Å²) in [5, 5.41) is 7.15. The van der Waals surface area contributed by atoms with Crippen LogP contribution in [0.15, 0.2) is 18.2 Å². The highest BCUT2D eigenvalue weighted by Gasteiger charge is 2.35. The van der Waals surface area contributed by atoms with Gasteiger partial charge in [-0.1, -0.05) is 17.7 Å². The molecule has 2 aliphatic rings. The Kier molecular flexibility index (Phi) is 6.32. The number of piperidine rings is 1. The van der Waals surface area contributed by atoms with Crippen LogP contribution in [0.4, 0.5) is 5.69 Å². The Morgan fingerprint density at radius 1 is 1.35 bits per heavy atom. The van der Waals surface area contributed by atoms with E-state index < -0.39 is 0 Å². The first kappa shape index (κ1) is 18.5. The molecular formula is C17H25Cl2N3O. The van der Waals surface area contributed by atoms with Gasteiger partial charge >= 0.3 is 0 Å². The lowest BCUT2D eigenvalue weighted by Gasteiger charge is -2.35. The third-order valence-corrected chi connectivity index (χ3v) is 5.18. The van der Waals surface area contributed by atoms with Crippen molar-refractivity contribution in [2.75, 3.05) is 18.9 Å². The molecule has 1 aromatic carbocycles. The van der Waals surface area contributed by atoms with Gasteiger partial charge in [0.2, 0.25) is 5.91 Å². The van der Waals surface area contributed by atoms with Crippen LogP contribution in [0, 0.1) is 6.92 Å². The Balaban J connectivity index is 0.00000192. The van der Waals surface area contributed by atoms with E-state index in [2.05, 4.69) is 15.5 Å². The van der Waals surface area contributed by atoms with Crippen molar-refractivity contribution in [3.8, 4) is 0 Å². The molecule has 1 aromatic rings. The van der Waals surface area contributed by atoms with Gasteiger partial charge in [-0.2, -0.15) is 0 Å². The van der Waals surface area contributed by atoms with E-state index in [1.807, 2.05) is 32.2 Å². The van der Waals surface area contributed by atoms with E-state index in [1.165, 1.54) is 12.8 Å². The fourth-order valence-corrected chi connectivity index (χ4v) is 3.94. The number of anilines is 1. The van der Waals surface area contributed by atoms with Crippen molar-refractivity contribution >= 4 is 35.6 Å². The first-order chi connectivity index (χ1) is 10.5. The molecule has 2 bridgehead atoms. The molecule has 3 rings (SSSR count). The molecule has 0 radical (unpaired) electrons. The van der Waals surface area contributed by atoms with Crippen molar-refractivity contribution < 1.29 is 4.79 Å². The lowest BCUT2D eigenvalue weighted by Crippen LogP contribution is -2.48. The van der Waals surface area contributed by atoms with Gasteiger partial charge in [0.15, 0.2) is 0 Å². The monoisotopic (exact) mass is 357 g/mol. The van der Waals surface area contributed by atoms with Gasteiger partial charge in [-0.25, -0.2) is 0 Å². The summed E-state index contributed by atoms with van der Waals surface area (Å²) in [7, 11) is 2.05. The molecule has 0 saturated carbocycles. The van der Waals surface area contributed by atoms with Gasteiger partial charge in [0.25, 0.3) is 0 Å². The lowest BCUT2D eigenvalue weighted by molar-refractivity contribution is -0.117. The van der Waals surface area contributed by atoms with Crippen LogP contribution in [0.1, 0.15) is 31.2 Å². The smallest absolute Gasteiger partial charge is 0.238 e. The largest absolute Gasteiger partial charge is 0.324 e. The van der Waals surface area contributed by atoms with Crippen LogP contribution >= 0.6 is 24.0 Å². The number of nitrogens with one attached hydrogen (secondary N) is 2. The Morgan fingerprint density at radius 2 is 2.00 bits per heavy atom. The molecule has 2 fully saturated rings. The first-order valence-electron chi connectivity index (χ1n) is 8.03. The van der Waals surface area contributed by atoms with E-state index in [1.54, 1.807) is 0 Å². The number of benzene rings is 1. The summed E-state index contributed by atoms with van der Waals surface area (Å²) in [6.45, 7) is 2.39. The third-order valence-electron chi connectivity index (χ3n) is 4.86. The third kappa shape index (κ3) is 4.60. The number of fused-ring (bicyclic) bond motifs is 2. The molecule has 1 amide bonds. The summed E-state index contributed by atoms with van der Waals surface area (Å²) in [4.78, 5) is 14.4. The Bertz CT molecular complexity index is 555. The Morgan fingerprint density at radius 3 is 2.61 bits per heavy atom. The molecule has 23 heavy (non-hydrogen) atoms. The number of rotatable bonds is 4. The minimum absolute atomic E-state index is 0. The van der Waals surface area contributed by atoms with E-state index in [9.17, 15) is 4.79 Å². The van der Waals surface area contributed by atoms with Gasteiger partial charge in [0, 0.05) is 18.1 Å². The summed E-state index contributed by atoms with van der Waals surface area (Å²) >= 11 is 6.17. The molecule has 2 atom stereocenters. The minimum atomic E-state index is -0.000803. The first-order valence-corrected chi connectivity index (χ1v) is 8.41. The Hall–Kier alpha value is -0.810. The number of hydrogen-bond donors (Lipinski definition) is 2. The molecule has 2 aliphatic heterocycles. The second-order valence-corrected chi connectivity index (χ2v) is 7.12. The highest BCUT2D eigenvalue weighted by atomic mass is 35.5. The van der Waals surface area contributed by atoms with Gasteiger partial charge in [0.05, 0.1) is 17.3 Å². The number of carbonyl (C=O) groups is 1. The SMILES string of the molecule is Cc1ccc(NC(=O)CN(C)C2CC3CCC(C2)N3)c(Cl)c1.Cl. The van der Waals surface area contributed by atoms with E-state index in [-0.39, 0.29) is 18.3 Å². The fourth-order valence-electron chi connectivity index (χ4n) is 3.65. The lowest BCUT2D eigenvalue weighted by atomic mass is 9.98. The van der Waals surface area contributed by atoms with Crippen LogP contribution in [-0.4, -0.2) is 42.5 Å². The van der Waals surface area contributed by atoms with Crippen LogP contribution in [-0.2, 0) is 4.79 Å². The number of likely N-dealkylation sites (N-methyl/N-ethyl adjacent to an activating group) is 1. The van der Waals surface area contributed by atoms with Crippen molar-refractivity contribution in [1.82, 2.24) is 10.2 Å². The number of nitrogens with zero attached hydrogens (tertiary/aromatic N) is 1. The molecule has 128 valence electrons. The van der Waals surface area contributed by atoms with Crippen molar-refractivity contribution in [2.45, 2.75) is 50.7 Å². The van der Waals surface area contributed by atoms with Crippen molar-refractivity contribution in [2.24, 2.45) is 0 Å². The summed E-state index contributed by atoms with van der Waals surface area (Å²) in [6.07, 6.45) is 4.84. The number of halogens is 2. The highest BCUT2D eigenvalue weighted by Crippen LogP contribution is 2.29. The van der Waals surface area contributed by atoms with E-state index in [4.69, 9.17) is 11.6 Å². The predicted octanol–water partition coefficient (Wildman–Crippen LogP) is 3.22. The van der Waals surface area contributed by atoms with Crippen LogP contribution < -0.4 is 10.6 Å². The maximum Gasteiger partial charge on any atom is 0.238 e. The summed E-state index contributed by atoms with van der Waals surface area (Å²) in [5.41, 5.74) is 1.78. The summed E-state index contributed by atoms with van der Waals surface area (Å²) in [6, 6.07) is 7.46. The molecule has 2 N–H and O–H groups in total. The second-order valence-electron chi connectivity index (χ2n) is 6.71. The fraction of sp³-hybridized carbons (Fsp3) is 0.588. The number of hydrogen-bond acceptors (Lipinski definition) is 3. The quantitative estimate of drug-likeness (QED) is 0.869. The number of aryl methyl sites for hydroxylation is 1. The van der Waals surface area contributed by atoms with Gasteiger partial charge in [-0.15, -0.1) is 12.4 Å². The van der Waals surface area contributed by atoms with Crippen LogP contribution in [0.2, 0.25) is 5.02 Å². The average molecular weight is 358 g/mol. The second kappa shape index (κ2) is 7.84. The zero-order valence-electron chi connectivity index (χ0n) is 13.6. The molecule has 0 aromatic heterocycles. The van der Waals surface area contributed by atoms with Crippen LogP contribution in [0.5, 0.6) is 0 Å². The standard InChI is InChI=1S/C17H24ClN3O.ClH/c1-11-3-6-16(15(18)7-11)20-17(22)10-21(2)14-8-12-4-5-13(9-14)19-12;/h3,6-7,12-14,19H,4-5,8-10H2,1-2H3,(H,20,22);1H. The predicted molar refractivity (Wildman–Crippen MR) is 97.7 cm³/mol. The van der Waals surface area contributed by atoms with Gasteiger partial charge in [-0.05, 0) is 57.4 Å². The van der Waals surface area contributed by atoms with E-state index in [0.717, 1.165) is 18.4 Å². The van der Waals surface area contributed by atoms with E-state index >= 15 is 0 Å².